The van der Waals surface area contributed by atoms with E-state index in [0.717, 1.165) is 5.56 Å². The van der Waals surface area contributed by atoms with E-state index in [1.807, 2.05) is 6.07 Å². The van der Waals surface area contributed by atoms with Gasteiger partial charge in [0.15, 0.2) is 11.5 Å². The summed E-state index contributed by atoms with van der Waals surface area (Å²) in [5.74, 6) is 0.793. The summed E-state index contributed by atoms with van der Waals surface area (Å²) in [7, 11) is -0.846. The minimum absolute atomic E-state index is 0.0735. The van der Waals surface area contributed by atoms with Gasteiger partial charge in [-0.3, -0.25) is 9.40 Å². The van der Waals surface area contributed by atoms with Crippen LogP contribution in [0.25, 0.3) is 0 Å². The van der Waals surface area contributed by atoms with Crippen LogP contribution in [0.15, 0.2) is 59.8 Å². The van der Waals surface area contributed by atoms with E-state index < -0.39 is 10.0 Å². The van der Waals surface area contributed by atoms with Crippen molar-refractivity contribution in [2.45, 2.75) is 11.4 Å². The molecule has 0 bridgehead atoms. The monoisotopic (exact) mass is 407 g/mol. The van der Waals surface area contributed by atoms with Crippen molar-refractivity contribution in [3.63, 3.8) is 0 Å². The van der Waals surface area contributed by atoms with Gasteiger partial charge in [-0.05, 0) is 29.8 Å². The van der Waals surface area contributed by atoms with Gasteiger partial charge >= 0.3 is 0 Å². The molecule has 0 fully saturated rings. The fraction of sp³-hybridized carbons (Fsp3) is 0.167. The largest absolute Gasteiger partial charge is 0.493 e. The molecule has 1 heterocycles. The molecule has 7 nitrogen and oxygen atoms in total. The predicted molar refractivity (Wildman–Crippen MR) is 103 cm³/mol. The summed E-state index contributed by atoms with van der Waals surface area (Å²) < 4.78 is 40.0. The SMILES string of the molecule is COc1ccc(S(=O)(=O)Nc2cccc(Cn3cc(Cl)cn3)c2)cc1OC. The number of aromatic nitrogens is 2. The van der Waals surface area contributed by atoms with Crippen molar-refractivity contribution >= 4 is 27.3 Å². The van der Waals surface area contributed by atoms with Gasteiger partial charge in [-0.1, -0.05) is 23.7 Å². The molecule has 3 aromatic rings. The van der Waals surface area contributed by atoms with E-state index in [0.29, 0.717) is 28.8 Å². The summed E-state index contributed by atoms with van der Waals surface area (Å²) in [6, 6.07) is 11.5. The number of nitrogens with one attached hydrogen (secondary N) is 1. The Balaban J connectivity index is 1.82. The number of nitrogens with zero attached hydrogens (tertiary/aromatic N) is 2. The minimum atomic E-state index is -3.79. The molecule has 0 aliphatic rings. The average molecular weight is 408 g/mol. The van der Waals surface area contributed by atoms with Crippen molar-refractivity contribution in [2.24, 2.45) is 0 Å². The molecule has 0 aliphatic carbocycles. The molecule has 9 heteroatoms. The van der Waals surface area contributed by atoms with E-state index in [4.69, 9.17) is 21.1 Å². The number of hydrogen-bond acceptors (Lipinski definition) is 5. The molecule has 0 unspecified atom stereocenters. The third-order valence-electron chi connectivity index (χ3n) is 3.79. The van der Waals surface area contributed by atoms with Crippen LogP contribution < -0.4 is 14.2 Å². The van der Waals surface area contributed by atoms with Gasteiger partial charge in [0.25, 0.3) is 10.0 Å². The van der Waals surface area contributed by atoms with Crippen LogP contribution in [0.3, 0.4) is 0 Å². The minimum Gasteiger partial charge on any atom is -0.493 e. The van der Waals surface area contributed by atoms with E-state index >= 15 is 0 Å². The molecule has 1 N–H and O–H groups in total. The first-order valence-electron chi connectivity index (χ1n) is 7.93. The number of ether oxygens (including phenoxy) is 2. The van der Waals surface area contributed by atoms with Gasteiger partial charge in [-0.25, -0.2) is 8.42 Å². The predicted octanol–water partition coefficient (Wildman–Crippen LogP) is 3.40. The summed E-state index contributed by atoms with van der Waals surface area (Å²) >= 11 is 5.87. The molecule has 0 atom stereocenters. The molecule has 142 valence electrons. The molecule has 0 radical (unpaired) electrons. The van der Waals surface area contributed by atoms with Gasteiger partial charge in [0.2, 0.25) is 0 Å². The summed E-state index contributed by atoms with van der Waals surface area (Å²) in [5.41, 5.74) is 1.32. The van der Waals surface area contributed by atoms with Crippen LogP contribution in [0.2, 0.25) is 5.02 Å². The summed E-state index contributed by atoms with van der Waals surface area (Å²) in [4.78, 5) is 0.0735. The second-order valence-corrected chi connectivity index (χ2v) is 7.80. The Morgan fingerprint density at radius 3 is 2.56 bits per heavy atom. The second kappa shape index (κ2) is 7.89. The summed E-state index contributed by atoms with van der Waals surface area (Å²) in [6.07, 6.45) is 3.24. The van der Waals surface area contributed by atoms with Crippen molar-refractivity contribution in [3.8, 4) is 11.5 Å². The van der Waals surface area contributed by atoms with Gasteiger partial charge in [-0.15, -0.1) is 0 Å². The fourth-order valence-electron chi connectivity index (χ4n) is 2.54. The Hall–Kier alpha value is -2.71. The fourth-order valence-corrected chi connectivity index (χ4v) is 3.76. The number of benzene rings is 2. The van der Waals surface area contributed by atoms with E-state index in [1.54, 1.807) is 41.3 Å². The van der Waals surface area contributed by atoms with Gasteiger partial charge < -0.3 is 9.47 Å². The smallest absolute Gasteiger partial charge is 0.262 e. The van der Waals surface area contributed by atoms with Crippen molar-refractivity contribution < 1.29 is 17.9 Å². The van der Waals surface area contributed by atoms with Crippen molar-refractivity contribution in [1.29, 1.82) is 0 Å². The van der Waals surface area contributed by atoms with E-state index in [2.05, 4.69) is 9.82 Å². The summed E-state index contributed by atoms with van der Waals surface area (Å²) in [5, 5.41) is 4.66. The number of rotatable bonds is 7. The van der Waals surface area contributed by atoms with Crippen molar-refractivity contribution in [2.75, 3.05) is 18.9 Å². The zero-order valence-corrected chi connectivity index (χ0v) is 16.3. The molecular weight excluding hydrogens is 390 g/mol. The molecule has 2 aromatic carbocycles. The van der Waals surface area contributed by atoms with Crippen LogP contribution in [0.4, 0.5) is 5.69 Å². The first-order valence-corrected chi connectivity index (χ1v) is 9.79. The Labute approximate surface area is 162 Å². The zero-order chi connectivity index (χ0) is 19.4. The van der Waals surface area contributed by atoms with Crippen LogP contribution in [0.5, 0.6) is 11.5 Å². The lowest BCUT2D eigenvalue weighted by Gasteiger charge is -2.12. The number of methoxy groups -OCH3 is 2. The maximum atomic E-state index is 12.7. The van der Waals surface area contributed by atoms with Crippen LogP contribution in [-0.2, 0) is 16.6 Å². The van der Waals surface area contributed by atoms with Crippen LogP contribution in [0, 0.1) is 0 Å². The highest BCUT2D eigenvalue weighted by Crippen LogP contribution is 2.30. The molecular formula is C18H18ClN3O4S. The quantitative estimate of drug-likeness (QED) is 0.649. The van der Waals surface area contributed by atoms with Gasteiger partial charge in [-0.2, -0.15) is 5.10 Å². The zero-order valence-electron chi connectivity index (χ0n) is 14.7. The molecule has 1 aromatic heterocycles. The number of sulfonamides is 1. The van der Waals surface area contributed by atoms with Gasteiger partial charge in [0.1, 0.15) is 0 Å². The third-order valence-corrected chi connectivity index (χ3v) is 5.36. The topological polar surface area (TPSA) is 82.5 Å². The van der Waals surface area contributed by atoms with Gasteiger partial charge in [0.05, 0.1) is 36.9 Å². The highest BCUT2D eigenvalue weighted by Gasteiger charge is 2.17. The second-order valence-electron chi connectivity index (χ2n) is 5.68. The van der Waals surface area contributed by atoms with Crippen LogP contribution in [-0.4, -0.2) is 32.4 Å². The van der Waals surface area contributed by atoms with Crippen LogP contribution in [0.1, 0.15) is 5.56 Å². The van der Waals surface area contributed by atoms with Crippen LogP contribution >= 0.6 is 11.6 Å². The van der Waals surface area contributed by atoms with Crippen molar-refractivity contribution in [1.82, 2.24) is 9.78 Å². The Morgan fingerprint density at radius 2 is 1.89 bits per heavy atom. The maximum absolute atomic E-state index is 12.7. The first kappa shape index (κ1) is 19.1. The summed E-state index contributed by atoms with van der Waals surface area (Å²) in [6.45, 7) is 0.471. The van der Waals surface area contributed by atoms with E-state index in [-0.39, 0.29) is 4.90 Å². The Kier molecular flexibility index (Phi) is 5.57. The Morgan fingerprint density at radius 1 is 1.11 bits per heavy atom. The molecule has 0 amide bonds. The third kappa shape index (κ3) is 4.53. The lowest BCUT2D eigenvalue weighted by atomic mass is 10.2. The van der Waals surface area contributed by atoms with Gasteiger partial charge in [0, 0.05) is 18.0 Å². The van der Waals surface area contributed by atoms with E-state index in [1.165, 1.54) is 26.4 Å². The number of hydrogen-bond donors (Lipinski definition) is 1. The molecule has 0 saturated carbocycles. The average Bonchev–Trinajstić information content (AvgIpc) is 3.05. The standard InChI is InChI=1S/C18H18ClN3O4S/c1-25-17-7-6-16(9-18(17)26-2)27(23,24)21-15-5-3-4-13(8-15)11-22-12-14(19)10-20-22/h3-10,12,21H,11H2,1-2H3. The Bertz CT molecular complexity index is 1050. The molecule has 0 spiro atoms. The lowest BCUT2D eigenvalue weighted by Crippen LogP contribution is -2.13. The highest BCUT2D eigenvalue weighted by molar-refractivity contribution is 7.92. The number of anilines is 1. The lowest BCUT2D eigenvalue weighted by molar-refractivity contribution is 0.354. The van der Waals surface area contributed by atoms with E-state index in [9.17, 15) is 8.42 Å². The molecule has 3 rings (SSSR count). The normalized spacial score (nSPS) is 11.2. The number of halogens is 1. The van der Waals surface area contributed by atoms with Crippen molar-refractivity contribution in [3.05, 3.63) is 65.4 Å². The molecule has 0 aliphatic heterocycles. The first-order chi connectivity index (χ1) is 12.9. The highest BCUT2D eigenvalue weighted by atomic mass is 35.5. The molecule has 0 saturated heterocycles. The molecule has 27 heavy (non-hydrogen) atoms. The maximum Gasteiger partial charge on any atom is 0.262 e.